The molecule has 1 aliphatic heterocycles. The van der Waals surface area contributed by atoms with Gasteiger partial charge < -0.3 is 10.2 Å². The van der Waals surface area contributed by atoms with E-state index in [0.29, 0.717) is 17.7 Å². The van der Waals surface area contributed by atoms with E-state index >= 15 is 0 Å². The zero-order chi connectivity index (χ0) is 15.8. The van der Waals surface area contributed by atoms with Crippen LogP contribution in [0, 0.1) is 0 Å². The van der Waals surface area contributed by atoms with Crippen LogP contribution in [-0.4, -0.2) is 29.8 Å². The first-order valence-electron chi connectivity index (χ1n) is 8.40. The summed E-state index contributed by atoms with van der Waals surface area (Å²) < 4.78 is 0. The second-order valence-electron chi connectivity index (χ2n) is 5.94. The van der Waals surface area contributed by atoms with Crippen LogP contribution in [0.4, 0.5) is 5.69 Å². The van der Waals surface area contributed by atoms with Gasteiger partial charge in [-0.05, 0) is 43.9 Å². The summed E-state index contributed by atoms with van der Waals surface area (Å²) >= 11 is 0. The zero-order valence-corrected chi connectivity index (χ0v) is 13.4. The van der Waals surface area contributed by atoms with Gasteiger partial charge in [0.15, 0.2) is 0 Å². The van der Waals surface area contributed by atoms with Crippen LogP contribution < -0.4 is 5.32 Å². The monoisotopic (exact) mass is 302 g/mol. The maximum absolute atomic E-state index is 12.5. The molecule has 1 heterocycles. The highest BCUT2D eigenvalue weighted by molar-refractivity contribution is 5.97. The van der Waals surface area contributed by atoms with E-state index in [9.17, 15) is 9.59 Å². The predicted molar refractivity (Wildman–Crippen MR) is 89.0 cm³/mol. The Morgan fingerprint density at radius 2 is 1.91 bits per heavy atom. The summed E-state index contributed by atoms with van der Waals surface area (Å²) in [6.07, 6.45) is 7.00. The van der Waals surface area contributed by atoms with E-state index in [2.05, 4.69) is 12.2 Å². The molecule has 0 radical (unpaired) electrons. The van der Waals surface area contributed by atoms with Gasteiger partial charge in [-0.1, -0.05) is 25.8 Å². The first-order chi connectivity index (χ1) is 10.7. The molecule has 0 atom stereocenters. The van der Waals surface area contributed by atoms with Gasteiger partial charge in [0.2, 0.25) is 5.91 Å². The third-order valence-electron chi connectivity index (χ3n) is 4.04. The van der Waals surface area contributed by atoms with Crippen molar-refractivity contribution in [2.45, 2.75) is 51.9 Å². The van der Waals surface area contributed by atoms with Crippen LogP contribution >= 0.6 is 0 Å². The van der Waals surface area contributed by atoms with Crippen LogP contribution in [0.25, 0.3) is 0 Å². The molecule has 0 aliphatic carbocycles. The molecule has 120 valence electrons. The number of nitrogens with zero attached hydrogens (tertiary/aromatic N) is 1. The van der Waals surface area contributed by atoms with Gasteiger partial charge in [0.1, 0.15) is 0 Å². The van der Waals surface area contributed by atoms with Crippen molar-refractivity contribution in [3.05, 3.63) is 29.8 Å². The molecule has 1 aromatic carbocycles. The van der Waals surface area contributed by atoms with Gasteiger partial charge in [0, 0.05) is 30.8 Å². The van der Waals surface area contributed by atoms with Gasteiger partial charge in [0.25, 0.3) is 5.91 Å². The van der Waals surface area contributed by atoms with E-state index in [1.165, 1.54) is 6.42 Å². The lowest BCUT2D eigenvalue weighted by atomic mass is 10.1. The summed E-state index contributed by atoms with van der Waals surface area (Å²) in [4.78, 5) is 26.2. The van der Waals surface area contributed by atoms with E-state index in [-0.39, 0.29) is 11.8 Å². The van der Waals surface area contributed by atoms with Crippen molar-refractivity contribution in [3.8, 4) is 0 Å². The van der Waals surface area contributed by atoms with Crippen LogP contribution in [0.15, 0.2) is 24.3 Å². The van der Waals surface area contributed by atoms with Crippen molar-refractivity contribution in [2.75, 3.05) is 18.4 Å². The standard InChI is InChI=1S/C18H26N2O2/c1-2-3-5-11-17(21)19-16-10-8-9-15(14-16)18(22)20-12-6-4-7-13-20/h8-10,14H,2-7,11-13H2,1H3,(H,19,21). The van der Waals surface area contributed by atoms with E-state index in [1.807, 2.05) is 23.1 Å². The summed E-state index contributed by atoms with van der Waals surface area (Å²) in [6, 6.07) is 7.28. The Bertz CT molecular complexity index is 508. The van der Waals surface area contributed by atoms with Crippen molar-refractivity contribution >= 4 is 17.5 Å². The van der Waals surface area contributed by atoms with Crippen LogP contribution in [0.5, 0.6) is 0 Å². The minimum Gasteiger partial charge on any atom is -0.339 e. The largest absolute Gasteiger partial charge is 0.339 e. The Kier molecular flexibility index (Phi) is 6.44. The summed E-state index contributed by atoms with van der Waals surface area (Å²) in [7, 11) is 0. The third-order valence-corrected chi connectivity index (χ3v) is 4.04. The molecule has 1 N–H and O–H groups in total. The summed E-state index contributed by atoms with van der Waals surface area (Å²) in [5, 5.41) is 2.89. The quantitative estimate of drug-likeness (QED) is 0.812. The highest BCUT2D eigenvalue weighted by atomic mass is 16.2. The predicted octanol–water partition coefficient (Wildman–Crippen LogP) is 3.83. The normalized spacial score (nSPS) is 14.7. The van der Waals surface area contributed by atoms with Gasteiger partial charge in [0.05, 0.1) is 0 Å². The van der Waals surface area contributed by atoms with E-state index in [0.717, 1.165) is 45.2 Å². The lowest BCUT2D eigenvalue weighted by Crippen LogP contribution is -2.35. The van der Waals surface area contributed by atoms with Crippen LogP contribution in [-0.2, 0) is 4.79 Å². The first kappa shape index (κ1) is 16.5. The molecule has 0 spiro atoms. The SMILES string of the molecule is CCCCCC(=O)Nc1cccc(C(=O)N2CCCCC2)c1. The fraction of sp³-hybridized carbons (Fsp3) is 0.556. The molecule has 4 nitrogen and oxygen atoms in total. The molecular weight excluding hydrogens is 276 g/mol. The lowest BCUT2D eigenvalue weighted by molar-refractivity contribution is -0.116. The minimum absolute atomic E-state index is 0.0241. The molecule has 1 aromatic rings. The number of hydrogen-bond acceptors (Lipinski definition) is 2. The number of unbranched alkanes of at least 4 members (excludes halogenated alkanes) is 2. The number of benzene rings is 1. The number of rotatable bonds is 6. The van der Waals surface area contributed by atoms with Crippen molar-refractivity contribution < 1.29 is 9.59 Å². The highest BCUT2D eigenvalue weighted by Gasteiger charge is 2.18. The average molecular weight is 302 g/mol. The van der Waals surface area contributed by atoms with E-state index in [4.69, 9.17) is 0 Å². The molecule has 4 heteroatoms. The number of anilines is 1. The topological polar surface area (TPSA) is 49.4 Å². The molecule has 1 saturated heterocycles. The Morgan fingerprint density at radius 1 is 1.14 bits per heavy atom. The number of carbonyl (C=O) groups is 2. The fourth-order valence-electron chi connectivity index (χ4n) is 2.77. The number of carbonyl (C=O) groups excluding carboxylic acids is 2. The summed E-state index contributed by atoms with van der Waals surface area (Å²) in [5.41, 5.74) is 1.37. The number of hydrogen-bond donors (Lipinski definition) is 1. The summed E-state index contributed by atoms with van der Waals surface area (Å²) in [5.74, 6) is 0.0952. The van der Waals surface area contributed by atoms with Gasteiger partial charge in [-0.25, -0.2) is 0 Å². The third kappa shape index (κ3) is 4.86. The number of nitrogens with one attached hydrogen (secondary N) is 1. The molecule has 1 aliphatic rings. The van der Waals surface area contributed by atoms with Gasteiger partial charge in [-0.3, -0.25) is 9.59 Å². The highest BCUT2D eigenvalue weighted by Crippen LogP contribution is 2.16. The Morgan fingerprint density at radius 3 is 2.64 bits per heavy atom. The zero-order valence-electron chi connectivity index (χ0n) is 13.4. The second kappa shape index (κ2) is 8.57. The minimum atomic E-state index is 0.0241. The smallest absolute Gasteiger partial charge is 0.253 e. The molecule has 22 heavy (non-hydrogen) atoms. The van der Waals surface area contributed by atoms with Crippen LogP contribution in [0.3, 0.4) is 0 Å². The van der Waals surface area contributed by atoms with E-state index < -0.39 is 0 Å². The molecule has 2 rings (SSSR count). The first-order valence-corrected chi connectivity index (χ1v) is 8.40. The lowest BCUT2D eigenvalue weighted by Gasteiger charge is -2.26. The van der Waals surface area contributed by atoms with Gasteiger partial charge in [-0.2, -0.15) is 0 Å². The molecular formula is C18H26N2O2. The Hall–Kier alpha value is -1.84. The Labute approximate surface area is 132 Å². The average Bonchev–Trinajstić information content (AvgIpc) is 2.55. The molecule has 1 fully saturated rings. The molecule has 0 aromatic heterocycles. The molecule has 0 bridgehead atoms. The number of likely N-dealkylation sites (tertiary alicyclic amines) is 1. The number of piperidine rings is 1. The molecule has 0 saturated carbocycles. The van der Waals surface area contributed by atoms with E-state index in [1.54, 1.807) is 6.07 Å². The van der Waals surface area contributed by atoms with Crippen molar-refractivity contribution in [1.29, 1.82) is 0 Å². The fourth-order valence-corrected chi connectivity index (χ4v) is 2.77. The van der Waals surface area contributed by atoms with Crippen molar-refractivity contribution in [1.82, 2.24) is 4.90 Å². The number of amides is 2. The Balaban J connectivity index is 1.94. The van der Waals surface area contributed by atoms with Gasteiger partial charge >= 0.3 is 0 Å². The van der Waals surface area contributed by atoms with Gasteiger partial charge in [-0.15, -0.1) is 0 Å². The summed E-state index contributed by atoms with van der Waals surface area (Å²) in [6.45, 7) is 3.80. The molecule has 0 unspecified atom stereocenters. The maximum Gasteiger partial charge on any atom is 0.253 e. The molecule has 2 amide bonds. The maximum atomic E-state index is 12.5. The van der Waals surface area contributed by atoms with Crippen LogP contribution in [0.1, 0.15) is 62.2 Å². The second-order valence-corrected chi connectivity index (χ2v) is 5.94. The van der Waals surface area contributed by atoms with Crippen LogP contribution in [0.2, 0.25) is 0 Å². The van der Waals surface area contributed by atoms with Crippen molar-refractivity contribution in [3.63, 3.8) is 0 Å². The van der Waals surface area contributed by atoms with Crippen molar-refractivity contribution in [2.24, 2.45) is 0 Å².